The molecule has 0 amide bonds. The predicted octanol–water partition coefficient (Wildman–Crippen LogP) is 3.91. The molecule has 1 atom stereocenters. The van der Waals surface area contributed by atoms with Gasteiger partial charge in [0.2, 0.25) is 0 Å². The van der Waals surface area contributed by atoms with Gasteiger partial charge in [-0.3, -0.25) is 0 Å². The average molecular weight is 262 g/mol. The molecule has 0 radical (unpaired) electrons. The van der Waals surface area contributed by atoms with Crippen molar-refractivity contribution in [3.8, 4) is 0 Å². The van der Waals surface area contributed by atoms with Crippen LogP contribution in [0.15, 0.2) is 18.2 Å². The van der Waals surface area contributed by atoms with Crippen LogP contribution in [-0.2, 0) is 0 Å². The van der Waals surface area contributed by atoms with Gasteiger partial charge in [0, 0.05) is 25.3 Å². The highest BCUT2D eigenvalue weighted by atomic mass is 15.1. The van der Waals surface area contributed by atoms with Crippen molar-refractivity contribution in [2.75, 3.05) is 25.0 Å². The zero-order valence-electron chi connectivity index (χ0n) is 13.3. The van der Waals surface area contributed by atoms with Crippen molar-refractivity contribution >= 4 is 5.69 Å². The van der Waals surface area contributed by atoms with Gasteiger partial charge < -0.3 is 10.2 Å². The summed E-state index contributed by atoms with van der Waals surface area (Å²) in [6, 6.07) is 7.40. The highest BCUT2D eigenvalue weighted by molar-refractivity contribution is 5.50. The van der Waals surface area contributed by atoms with Gasteiger partial charge >= 0.3 is 0 Å². The third kappa shape index (κ3) is 6.11. The molecule has 0 aromatic heterocycles. The number of rotatable bonds is 8. The Kier molecular flexibility index (Phi) is 6.93. The van der Waals surface area contributed by atoms with Gasteiger partial charge in [-0.1, -0.05) is 13.0 Å². The van der Waals surface area contributed by atoms with E-state index in [1.165, 1.54) is 36.1 Å². The molecule has 1 rings (SSSR count). The molecule has 0 aliphatic carbocycles. The minimum Gasteiger partial charge on any atom is -0.375 e. The van der Waals surface area contributed by atoms with Crippen LogP contribution in [0.25, 0.3) is 0 Å². The van der Waals surface area contributed by atoms with Crippen LogP contribution in [0, 0.1) is 13.8 Å². The van der Waals surface area contributed by atoms with E-state index in [4.69, 9.17) is 0 Å². The monoisotopic (exact) mass is 262 g/mol. The fourth-order valence-corrected chi connectivity index (χ4v) is 2.43. The molecular weight excluding hydrogens is 232 g/mol. The van der Waals surface area contributed by atoms with Crippen LogP contribution in [-0.4, -0.2) is 26.2 Å². The van der Waals surface area contributed by atoms with E-state index in [1.54, 1.807) is 0 Å². The van der Waals surface area contributed by atoms with E-state index in [1.807, 2.05) is 0 Å². The maximum atomic E-state index is 3.55. The molecule has 0 heterocycles. The Labute approximate surface area is 119 Å². The van der Waals surface area contributed by atoms with Gasteiger partial charge in [-0.05, 0) is 69.8 Å². The highest BCUT2D eigenvalue weighted by Crippen LogP contribution is 2.18. The molecule has 0 saturated heterocycles. The van der Waals surface area contributed by atoms with Gasteiger partial charge in [0.1, 0.15) is 0 Å². The molecule has 108 valence electrons. The Morgan fingerprint density at radius 1 is 1.16 bits per heavy atom. The summed E-state index contributed by atoms with van der Waals surface area (Å²) in [4.78, 5) is 2.37. The molecule has 0 bridgehead atoms. The van der Waals surface area contributed by atoms with E-state index in [9.17, 15) is 0 Å². The molecule has 2 nitrogen and oxygen atoms in total. The first-order valence-electron chi connectivity index (χ1n) is 7.55. The Morgan fingerprint density at radius 3 is 2.37 bits per heavy atom. The standard InChI is InChI=1S/C17H30N2/c1-6-9-18-16(4)8-7-10-19(5)17-12-14(2)11-15(3)13-17/h11-13,16,18H,6-10H2,1-5H3. The molecule has 0 spiro atoms. The number of hydrogen-bond acceptors (Lipinski definition) is 2. The number of hydrogen-bond donors (Lipinski definition) is 1. The maximum Gasteiger partial charge on any atom is 0.0368 e. The topological polar surface area (TPSA) is 15.3 Å². The molecule has 2 heteroatoms. The second kappa shape index (κ2) is 8.21. The van der Waals surface area contributed by atoms with Crippen LogP contribution in [0.5, 0.6) is 0 Å². The van der Waals surface area contributed by atoms with Crippen LogP contribution >= 0.6 is 0 Å². The highest BCUT2D eigenvalue weighted by Gasteiger charge is 2.04. The van der Waals surface area contributed by atoms with E-state index in [2.05, 4.69) is 63.2 Å². The summed E-state index contributed by atoms with van der Waals surface area (Å²) in [6.45, 7) is 11.1. The second-order valence-corrected chi connectivity index (χ2v) is 5.76. The van der Waals surface area contributed by atoms with Gasteiger partial charge in [-0.15, -0.1) is 0 Å². The lowest BCUT2D eigenvalue weighted by molar-refractivity contribution is 0.499. The van der Waals surface area contributed by atoms with E-state index < -0.39 is 0 Å². The van der Waals surface area contributed by atoms with E-state index in [0.29, 0.717) is 6.04 Å². The molecule has 0 saturated carbocycles. The average Bonchev–Trinajstić information content (AvgIpc) is 2.35. The maximum absolute atomic E-state index is 3.55. The van der Waals surface area contributed by atoms with Crippen molar-refractivity contribution in [3.63, 3.8) is 0 Å². The SMILES string of the molecule is CCCNC(C)CCCN(C)c1cc(C)cc(C)c1. The van der Waals surface area contributed by atoms with Gasteiger partial charge in [0.25, 0.3) is 0 Å². The summed E-state index contributed by atoms with van der Waals surface area (Å²) in [5, 5.41) is 3.55. The van der Waals surface area contributed by atoms with Crippen molar-refractivity contribution in [2.45, 2.75) is 53.0 Å². The second-order valence-electron chi connectivity index (χ2n) is 5.76. The van der Waals surface area contributed by atoms with Crippen molar-refractivity contribution in [3.05, 3.63) is 29.3 Å². The summed E-state index contributed by atoms with van der Waals surface area (Å²) in [5.74, 6) is 0. The van der Waals surface area contributed by atoms with Crippen LogP contribution in [0.3, 0.4) is 0 Å². The van der Waals surface area contributed by atoms with Crippen molar-refractivity contribution in [1.29, 1.82) is 0 Å². The zero-order chi connectivity index (χ0) is 14.3. The smallest absolute Gasteiger partial charge is 0.0368 e. The summed E-state index contributed by atoms with van der Waals surface area (Å²) in [5.41, 5.74) is 4.03. The summed E-state index contributed by atoms with van der Waals surface area (Å²) < 4.78 is 0. The molecule has 1 aromatic carbocycles. The van der Waals surface area contributed by atoms with Crippen LogP contribution in [0.4, 0.5) is 5.69 Å². The van der Waals surface area contributed by atoms with Gasteiger partial charge in [-0.25, -0.2) is 0 Å². The van der Waals surface area contributed by atoms with E-state index >= 15 is 0 Å². The first kappa shape index (κ1) is 16.0. The molecule has 0 aliphatic heterocycles. The fraction of sp³-hybridized carbons (Fsp3) is 0.647. The Morgan fingerprint density at radius 2 is 1.79 bits per heavy atom. The lowest BCUT2D eigenvalue weighted by Gasteiger charge is -2.21. The summed E-state index contributed by atoms with van der Waals surface area (Å²) in [6.07, 6.45) is 3.70. The number of nitrogens with zero attached hydrogens (tertiary/aromatic N) is 1. The molecule has 0 aliphatic rings. The molecule has 0 fully saturated rings. The molecule has 1 unspecified atom stereocenters. The van der Waals surface area contributed by atoms with Gasteiger partial charge in [-0.2, -0.15) is 0 Å². The summed E-state index contributed by atoms with van der Waals surface area (Å²) in [7, 11) is 2.19. The first-order valence-corrected chi connectivity index (χ1v) is 7.55. The van der Waals surface area contributed by atoms with Gasteiger partial charge in [0.05, 0.1) is 0 Å². The lowest BCUT2D eigenvalue weighted by Crippen LogP contribution is -2.28. The quantitative estimate of drug-likeness (QED) is 0.764. The lowest BCUT2D eigenvalue weighted by atomic mass is 10.1. The molecule has 1 aromatic rings. The summed E-state index contributed by atoms with van der Waals surface area (Å²) >= 11 is 0. The van der Waals surface area contributed by atoms with Crippen molar-refractivity contribution in [1.82, 2.24) is 5.32 Å². The minimum atomic E-state index is 0.632. The van der Waals surface area contributed by atoms with Crippen molar-refractivity contribution in [2.24, 2.45) is 0 Å². The largest absolute Gasteiger partial charge is 0.375 e. The van der Waals surface area contributed by atoms with Crippen LogP contribution in [0.1, 0.15) is 44.2 Å². The molecule has 19 heavy (non-hydrogen) atoms. The Hall–Kier alpha value is -1.02. The van der Waals surface area contributed by atoms with E-state index in [0.717, 1.165) is 13.1 Å². The number of nitrogens with one attached hydrogen (secondary N) is 1. The molecular formula is C17H30N2. The zero-order valence-corrected chi connectivity index (χ0v) is 13.3. The number of anilines is 1. The van der Waals surface area contributed by atoms with Crippen LogP contribution < -0.4 is 10.2 Å². The minimum absolute atomic E-state index is 0.632. The molecule has 1 N–H and O–H groups in total. The number of benzene rings is 1. The normalized spacial score (nSPS) is 12.5. The van der Waals surface area contributed by atoms with Gasteiger partial charge in [0.15, 0.2) is 0 Å². The van der Waals surface area contributed by atoms with Crippen LogP contribution in [0.2, 0.25) is 0 Å². The Balaban J connectivity index is 2.36. The third-order valence-corrected chi connectivity index (χ3v) is 3.52. The first-order chi connectivity index (χ1) is 9.02. The number of aryl methyl sites for hydroxylation is 2. The van der Waals surface area contributed by atoms with E-state index in [-0.39, 0.29) is 0 Å². The third-order valence-electron chi connectivity index (χ3n) is 3.52. The Bertz CT molecular complexity index is 353. The van der Waals surface area contributed by atoms with Crippen molar-refractivity contribution < 1.29 is 0 Å². The predicted molar refractivity (Wildman–Crippen MR) is 86.2 cm³/mol. The fourth-order valence-electron chi connectivity index (χ4n) is 2.43.